The molecular formula is C17H21FN2O. The van der Waals surface area contributed by atoms with Crippen LogP contribution in [0, 0.1) is 12.7 Å². The Hall–Kier alpha value is -1.94. The second kappa shape index (κ2) is 7.18. The van der Waals surface area contributed by atoms with Gasteiger partial charge in [0.25, 0.3) is 0 Å². The Balaban J connectivity index is 2.29. The maximum absolute atomic E-state index is 13.1. The molecule has 2 rings (SSSR count). The van der Waals surface area contributed by atoms with E-state index in [1.54, 1.807) is 6.07 Å². The van der Waals surface area contributed by atoms with Crippen molar-refractivity contribution >= 4 is 0 Å². The van der Waals surface area contributed by atoms with Gasteiger partial charge in [-0.2, -0.15) is 0 Å². The highest BCUT2D eigenvalue weighted by molar-refractivity contribution is 5.36. The SMILES string of the molecule is CCCc1cc(CNC)cc(Oc2ccc(F)cc2C)n1. The molecular weight excluding hydrogens is 267 g/mol. The lowest BCUT2D eigenvalue weighted by atomic mass is 10.1. The molecule has 0 fully saturated rings. The number of rotatable bonds is 6. The molecule has 1 aromatic carbocycles. The van der Waals surface area contributed by atoms with Crippen LogP contribution in [0.3, 0.4) is 0 Å². The molecule has 1 aromatic heterocycles. The lowest BCUT2D eigenvalue weighted by molar-refractivity contribution is 0.454. The van der Waals surface area contributed by atoms with Crippen LogP contribution in [0.1, 0.15) is 30.2 Å². The Morgan fingerprint density at radius 3 is 2.71 bits per heavy atom. The van der Waals surface area contributed by atoms with E-state index in [1.807, 2.05) is 20.0 Å². The summed E-state index contributed by atoms with van der Waals surface area (Å²) < 4.78 is 19.0. The van der Waals surface area contributed by atoms with Crippen molar-refractivity contribution in [3.05, 3.63) is 53.0 Å². The summed E-state index contributed by atoms with van der Waals surface area (Å²) in [5.74, 6) is 0.928. The number of ether oxygens (including phenoxy) is 1. The molecule has 1 N–H and O–H groups in total. The van der Waals surface area contributed by atoms with Gasteiger partial charge in [0.15, 0.2) is 0 Å². The summed E-state index contributed by atoms with van der Waals surface area (Å²) in [6.45, 7) is 4.71. The zero-order chi connectivity index (χ0) is 15.2. The summed E-state index contributed by atoms with van der Waals surface area (Å²) in [5, 5.41) is 3.13. The van der Waals surface area contributed by atoms with Gasteiger partial charge in [0, 0.05) is 18.3 Å². The molecule has 1 heterocycles. The smallest absolute Gasteiger partial charge is 0.219 e. The molecule has 0 unspecified atom stereocenters. The summed E-state index contributed by atoms with van der Waals surface area (Å²) in [6, 6.07) is 8.49. The van der Waals surface area contributed by atoms with Crippen molar-refractivity contribution in [3.63, 3.8) is 0 Å². The molecule has 0 aliphatic rings. The van der Waals surface area contributed by atoms with Crippen LogP contribution in [0.15, 0.2) is 30.3 Å². The first-order valence-electron chi connectivity index (χ1n) is 7.20. The van der Waals surface area contributed by atoms with Crippen molar-refractivity contribution in [3.8, 4) is 11.6 Å². The first-order chi connectivity index (χ1) is 10.1. The quantitative estimate of drug-likeness (QED) is 0.872. The third-order valence-electron chi connectivity index (χ3n) is 3.15. The van der Waals surface area contributed by atoms with Crippen molar-refractivity contribution < 1.29 is 9.13 Å². The van der Waals surface area contributed by atoms with Crippen LogP contribution in [0.5, 0.6) is 11.6 Å². The van der Waals surface area contributed by atoms with Crippen LogP contribution in [0.4, 0.5) is 4.39 Å². The van der Waals surface area contributed by atoms with Gasteiger partial charge in [-0.15, -0.1) is 0 Å². The van der Waals surface area contributed by atoms with E-state index in [1.165, 1.54) is 12.1 Å². The van der Waals surface area contributed by atoms with Crippen LogP contribution < -0.4 is 10.1 Å². The van der Waals surface area contributed by atoms with E-state index in [0.717, 1.165) is 36.2 Å². The molecule has 2 aromatic rings. The second-order valence-corrected chi connectivity index (χ2v) is 5.10. The fraction of sp³-hybridized carbons (Fsp3) is 0.353. The van der Waals surface area contributed by atoms with E-state index in [4.69, 9.17) is 4.74 Å². The number of pyridine rings is 1. The van der Waals surface area contributed by atoms with E-state index >= 15 is 0 Å². The lowest BCUT2D eigenvalue weighted by Gasteiger charge is -2.11. The van der Waals surface area contributed by atoms with Gasteiger partial charge in [-0.3, -0.25) is 0 Å². The van der Waals surface area contributed by atoms with Crippen LogP contribution in [0.25, 0.3) is 0 Å². The molecule has 4 heteroatoms. The summed E-state index contributed by atoms with van der Waals surface area (Å²) in [4.78, 5) is 4.52. The molecule has 0 aliphatic carbocycles. The fourth-order valence-corrected chi connectivity index (χ4v) is 2.20. The Bertz CT molecular complexity index is 589. The molecule has 112 valence electrons. The standard InChI is InChI=1S/C17H21FN2O/c1-4-5-15-9-13(11-19-3)10-17(20-15)21-16-7-6-14(18)8-12(16)2/h6-10,19H,4-5,11H2,1-3H3. The number of aryl methyl sites for hydroxylation is 2. The average molecular weight is 288 g/mol. The molecule has 0 bridgehead atoms. The van der Waals surface area contributed by atoms with Gasteiger partial charge in [0.1, 0.15) is 11.6 Å². The van der Waals surface area contributed by atoms with Gasteiger partial charge in [-0.1, -0.05) is 13.3 Å². The third kappa shape index (κ3) is 4.26. The second-order valence-electron chi connectivity index (χ2n) is 5.10. The normalized spacial score (nSPS) is 10.7. The molecule has 3 nitrogen and oxygen atoms in total. The topological polar surface area (TPSA) is 34.1 Å². The number of halogens is 1. The van der Waals surface area contributed by atoms with Gasteiger partial charge >= 0.3 is 0 Å². The van der Waals surface area contributed by atoms with Crippen LogP contribution in [0.2, 0.25) is 0 Å². The Morgan fingerprint density at radius 1 is 1.24 bits per heavy atom. The summed E-state index contributed by atoms with van der Waals surface area (Å²) in [7, 11) is 1.91. The van der Waals surface area contributed by atoms with E-state index in [9.17, 15) is 4.39 Å². The minimum absolute atomic E-state index is 0.261. The highest BCUT2D eigenvalue weighted by Gasteiger charge is 2.07. The monoisotopic (exact) mass is 288 g/mol. The fourth-order valence-electron chi connectivity index (χ4n) is 2.20. The minimum atomic E-state index is -0.261. The summed E-state index contributed by atoms with van der Waals surface area (Å²) in [5.41, 5.74) is 2.90. The van der Waals surface area contributed by atoms with E-state index in [2.05, 4.69) is 23.3 Å². The van der Waals surface area contributed by atoms with Gasteiger partial charge in [-0.25, -0.2) is 9.37 Å². The molecule has 0 saturated carbocycles. The number of hydrogen-bond donors (Lipinski definition) is 1. The maximum Gasteiger partial charge on any atom is 0.219 e. The summed E-state index contributed by atoms with van der Waals surface area (Å²) in [6.07, 6.45) is 1.95. The lowest BCUT2D eigenvalue weighted by Crippen LogP contribution is -2.07. The van der Waals surface area contributed by atoms with Crippen molar-refractivity contribution in [1.29, 1.82) is 0 Å². The van der Waals surface area contributed by atoms with Crippen LogP contribution >= 0.6 is 0 Å². The van der Waals surface area contributed by atoms with Crippen molar-refractivity contribution in [2.24, 2.45) is 0 Å². The highest BCUT2D eigenvalue weighted by Crippen LogP contribution is 2.25. The number of nitrogens with one attached hydrogen (secondary N) is 1. The van der Waals surface area contributed by atoms with Crippen molar-refractivity contribution in [2.75, 3.05) is 7.05 Å². The van der Waals surface area contributed by atoms with Gasteiger partial charge in [-0.05, 0) is 55.8 Å². The Labute approximate surface area is 125 Å². The Morgan fingerprint density at radius 2 is 2.05 bits per heavy atom. The largest absolute Gasteiger partial charge is 0.439 e. The minimum Gasteiger partial charge on any atom is -0.439 e. The average Bonchev–Trinajstić information content (AvgIpc) is 2.42. The molecule has 0 saturated heterocycles. The highest BCUT2D eigenvalue weighted by atomic mass is 19.1. The van der Waals surface area contributed by atoms with E-state index < -0.39 is 0 Å². The zero-order valence-corrected chi connectivity index (χ0v) is 12.7. The molecule has 0 spiro atoms. The predicted octanol–water partition coefficient (Wildman–Crippen LogP) is 3.99. The number of aromatic nitrogens is 1. The zero-order valence-electron chi connectivity index (χ0n) is 12.7. The number of nitrogens with zero attached hydrogens (tertiary/aromatic N) is 1. The van der Waals surface area contributed by atoms with Crippen molar-refractivity contribution in [1.82, 2.24) is 10.3 Å². The molecule has 0 aliphatic heterocycles. The number of hydrogen-bond acceptors (Lipinski definition) is 3. The van der Waals surface area contributed by atoms with Crippen LogP contribution in [-0.2, 0) is 13.0 Å². The van der Waals surface area contributed by atoms with E-state index in [0.29, 0.717) is 11.6 Å². The molecule has 0 amide bonds. The first-order valence-corrected chi connectivity index (χ1v) is 7.20. The molecule has 0 radical (unpaired) electrons. The molecule has 21 heavy (non-hydrogen) atoms. The summed E-state index contributed by atoms with van der Waals surface area (Å²) >= 11 is 0. The molecule has 0 atom stereocenters. The first kappa shape index (κ1) is 15.4. The predicted molar refractivity (Wildman–Crippen MR) is 82.2 cm³/mol. The van der Waals surface area contributed by atoms with Gasteiger partial charge < -0.3 is 10.1 Å². The van der Waals surface area contributed by atoms with Gasteiger partial charge in [0.05, 0.1) is 0 Å². The number of benzene rings is 1. The van der Waals surface area contributed by atoms with E-state index in [-0.39, 0.29) is 5.82 Å². The van der Waals surface area contributed by atoms with Crippen molar-refractivity contribution in [2.45, 2.75) is 33.2 Å². The van der Waals surface area contributed by atoms with Gasteiger partial charge in [0.2, 0.25) is 5.88 Å². The van der Waals surface area contributed by atoms with Crippen LogP contribution in [-0.4, -0.2) is 12.0 Å². The Kier molecular flexibility index (Phi) is 5.28. The third-order valence-corrected chi connectivity index (χ3v) is 3.15. The maximum atomic E-state index is 13.1.